The highest BCUT2D eigenvalue weighted by Gasteiger charge is 2.39. The number of hydrogen-bond donors (Lipinski definition) is 1. The van der Waals surface area contributed by atoms with Gasteiger partial charge in [-0.3, -0.25) is 0 Å². The van der Waals surface area contributed by atoms with Crippen LogP contribution in [0.15, 0.2) is 42.9 Å². The Labute approximate surface area is 204 Å². The van der Waals surface area contributed by atoms with E-state index in [0.717, 1.165) is 26.1 Å². The first-order valence-corrected chi connectivity index (χ1v) is 11.8. The molecule has 1 aliphatic rings. The number of nitrogens with zero attached hydrogens (tertiary/aromatic N) is 4. The first kappa shape index (κ1) is 23.1. The maximum atomic E-state index is 14.0. The van der Waals surface area contributed by atoms with Crippen LogP contribution in [0, 0.1) is 3.57 Å². The number of alkyl halides is 2. The Bertz CT molecular complexity index is 1110. The summed E-state index contributed by atoms with van der Waals surface area (Å²) in [4.78, 5) is 15.0. The Hall–Kier alpha value is -2.07. The molecule has 1 fully saturated rings. The summed E-state index contributed by atoms with van der Waals surface area (Å²) >= 11 is 8.52. The fourth-order valence-corrected chi connectivity index (χ4v) is 4.45. The van der Waals surface area contributed by atoms with Crippen molar-refractivity contribution in [3.63, 3.8) is 0 Å². The molecule has 0 spiro atoms. The summed E-state index contributed by atoms with van der Waals surface area (Å²) < 4.78 is 29.0. The minimum atomic E-state index is -2.72. The summed E-state index contributed by atoms with van der Waals surface area (Å²) in [5, 5.41) is 4.03. The number of hydrogen-bond acceptors (Lipinski definition) is 5. The van der Waals surface area contributed by atoms with Crippen LogP contribution in [0.4, 0.5) is 20.3 Å². The molecule has 32 heavy (non-hydrogen) atoms. The van der Waals surface area contributed by atoms with Crippen LogP contribution < -0.4 is 10.2 Å². The third kappa shape index (κ3) is 5.11. The van der Waals surface area contributed by atoms with Crippen molar-refractivity contribution in [2.75, 3.05) is 23.3 Å². The highest BCUT2D eigenvalue weighted by atomic mass is 127. The SMILES string of the molecule is CC(C)c1ncc(CNc2c(-c3cc(Cl)ccc3I)ccnc2N2CCC(F)(F)C2)cn1. The second-order valence-corrected chi connectivity index (χ2v) is 9.77. The first-order valence-electron chi connectivity index (χ1n) is 10.4. The van der Waals surface area contributed by atoms with Crippen molar-refractivity contribution in [1.29, 1.82) is 0 Å². The maximum Gasteiger partial charge on any atom is 0.266 e. The van der Waals surface area contributed by atoms with Gasteiger partial charge in [-0.15, -0.1) is 0 Å². The van der Waals surface area contributed by atoms with Crippen molar-refractivity contribution in [2.45, 2.75) is 38.7 Å². The minimum Gasteiger partial charge on any atom is -0.377 e. The van der Waals surface area contributed by atoms with Crippen molar-refractivity contribution in [1.82, 2.24) is 15.0 Å². The Morgan fingerprint density at radius 1 is 1.16 bits per heavy atom. The predicted octanol–water partition coefficient (Wildman–Crippen LogP) is 6.38. The summed E-state index contributed by atoms with van der Waals surface area (Å²) in [5.41, 5.74) is 3.36. The van der Waals surface area contributed by atoms with Crippen LogP contribution in [0.1, 0.15) is 37.6 Å². The molecular weight excluding hydrogens is 547 g/mol. The van der Waals surface area contributed by atoms with Crippen LogP contribution in [0.25, 0.3) is 11.1 Å². The Kier molecular flexibility index (Phi) is 6.80. The standard InChI is InChI=1S/C23H23ClF2IN5/c1-14(2)21-30-11-15(12-31-21)10-29-20-17(18-9-16(24)3-4-19(18)27)5-7-28-22(20)32-8-6-23(25,26)13-32/h3-5,7,9,11-12,14,29H,6,8,10,13H2,1-2H3. The zero-order valence-corrected chi connectivity index (χ0v) is 20.7. The minimum absolute atomic E-state index is 0.183. The van der Waals surface area contributed by atoms with E-state index in [1.54, 1.807) is 23.5 Å². The van der Waals surface area contributed by atoms with Crippen molar-refractivity contribution < 1.29 is 8.78 Å². The van der Waals surface area contributed by atoms with E-state index in [4.69, 9.17) is 11.6 Å². The summed E-state index contributed by atoms with van der Waals surface area (Å²) in [6.07, 6.45) is 5.05. The number of benzene rings is 1. The van der Waals surface area contributed by atoms with Gasteiger partial charge in [-0.1, -0.05) is 25.4 Å². The van der Waals surface area contributed by atoms with Gasteiger partial charge < -0.3 is 10.2 Å². The highest BCUT2D eigenvalue weighted by Crippen LogP contribution is 2.40. The van der Waals surface area contributed by atoms with Crippen LogP contribution in [0.2, 0.25) is 5.02 Å². The first-order chi connectivity index (χ1) is 15.2. The van der Waals surface area contributed by atoms with E-state index in [1.807, 2.05) is 38.1 Å². The van der Waals surface area contributed by atoms with Gasteiger partial charge in [-0.25, -0.2) is 23.7 Å². The summed E-state index contributed by atoms with van der Waals surface area (Å²) in [6.45, 7) is 4.42. The molecule has 2 aromatic heterocycles. The molecule has 1 aliphatic heterocycles. The van der Waals surface area contributed by atoms with Gasteiger partial charge in [-0.05, 0) is 52.4 Å². The van der Waals surface area contributed by atoms with Gasteiger partial charge in [0.1, 0.15) is 5.82 Å². The lowest BCUT2D eigenvalue weighted by Gasteiger charge is -2.24. The average Bonchev–Trinajstić information content (AvgIpc) is 3.13. The second-order valence-electron chi connectivity index (χ2n) is 8.17. The molecule has 5 nitrogen and oxygen atoms in total. The molecule has 0 bridgehead atoms. The maximum absolute atomic E-state index is 14.0. The topological polar surface area (TPSA) is 53.9 Å². The average molecular weight is 570 g/mol. The molecule has 168 valence electrons. The molecule has 0 saturated carbocycles. The van der Waals surface area contributed by atoms with Crippen molar-refractivity contribution in [3.05, 3.63) is 62.8 Å². The Morgan fingerprint density at radius 3 is 2.56 bits per heavy atom. The van der Waals surface area contributed by atoms with Gasteiger partial charge >= 0.3 is 0 Å². The third-order valence-electron chi connectivity index (χ3n) is 5.33. The van der Waals surface area contributed by atoms with E-state index in [1.165, 1.54) is 0 Å². The Morgan fingerprint density at radius 2 is 1.91 bits per heavy atom. The van der Waals surface area contributed by atoms with Crippen LogP contribution in [0.5, 0.6) is 0 Å². The smallest absolute Gasteiger partial charge is 0.266 e. The molecular formula is C23H23ClF2IN5. The highest BCUT2D eigenvalue weighted by molar-refractivity contribution is 14.1. The number of anilines is 2. The molecule has 9 heteroatoms. The van der Waals surface area contributed by atoms with Gasteiger partial charge in [-0.2, -0.15) is 0 Å². The zero-order valence-electron chi connectivity index (χ0n) is 17.7. The quantitative estimate of drug-likeness (QED) is 0.349. The number of pyridine rings is 1. The molecule has 3 aromatic rings. The van der Waals surface area contributed by atoms with Crippen LogP contribution in [-0.2, 0) is 6.54 Å². The fourth-order valence-electron chi connectivity index (χ4n) is 3.65. The molecule has 4 rings (SSSR count). The van der Waals surface area contributed by atoms with Crippen molar-refractivity contribution in [3.8, 4) is 11.1 Å². The molecule has 1 N–H and O–H groups in total. The number of aromatic nitrogens is 3. The van der Waals surface area contributed by atoms with E-state index in [0.29, 0.717) is 23.1 Å². The lowest BCUT2D eigenvalue weighted by Crippen LogP contribution is -2.26. The normalized spacial score (nSPS) is 15.4. The van der Waals surface area contributed by atoms with E-state index < -0.39 is 5.92 Å². The van der Waals surface area contributed by atoms with Crippen molar-refractivity contribution >= 4 is 45.7 Å². The number of halogens is 4. The largest absolute Gasteiger partial charge is 0.377 e. The molecule has 0 atom stereocenters. The molecule has 3 heterocycles. The van der Waals surface area contributed by atoms with Gasteiger partial charge in [0, 0.05) is 63.7 Å². The van der Waals surface area contributed by atoms with Gasteiger partial charge in [0.2, 0.25) is 0 Å². The predicted molar refractivity (Wildman–Crippen MR) is 133 cm³/mol. The van der Waals surface area contributed by atoms with E-state index >= 15 is 0 Å². The zero-order chi connectivity index (χ0) is 22.9. The molecule has 1 saturated heterocycles. The van der Waals surface area contributed by atoms with Crippen LogP contribution in [-0.4, -0.2) is 34.0 Å². The number of nitrogens with one attached hydrogen (secondary N) is 1. The van der Waals surface area contributed by atoms with E-state index in [9.17, 15) is 8.78 Å². The van der Waals surface area contributed by atoms with Gasteiger partial charge in [0.25, 0.3) is 5.92 Å². The molecule has 1 aromatic carbocycles. The van der Waals surface area contributed by atoms with Gasteiger partial charge in [0.15, 0.2) is 5.82 Å². The van der Waals surface area contributed by atoms with Gasteiger partial charge in [0.05, 0.1) is 12.2 Å². The van der Waals surface area contributed by atoms with Crippen LogP contribution in [0.3, 0.4) is 0 Å². The lowest BCUT2D eigenvalue weighted by molar-refractivity contribution is 0.0257. The summed E-state index contributed by atoms with van der Waals surface area (Å²) in [6, 6.07) is 7.53. The third-order valence-corrected chi connectivity index (χ3v) is 6.51. The molecule has 0 radical (unpaired) electrons. The molecule has 0 unspecified atom stereocenters. The fraction of sp³-hybridized carbons (Fsp3) is 0.348. The van der Waals surface area contributed by atoms with Crippen molar-refractivity contribution in [2.24, 2.45) is 0 Å². The monoisotopic (exact) mass is 569 g/mol. The van der Waals surface area contributed by atoms with E-state index in [2.05, 4.69) is 42.9 Å². The molecule has 0 amide bonds. The lowest BCUT2D eigenvalue weighted by atomic mass is 10.0. The summed E-state index contributed by atoms with van der Waals surface area (Å²) in [5.74, 6) is -1.19. The summed E-state index contributed by atoms with van der Waals surface area (Å²) in [7, 11) is 0. The molecule has 0 aliphatic carbocycles. The number of rotatable bonds is 6. The van der Waals surface area contributed by atoms with E-state index in [-0.39, 0.29) is 25.4 Å². The Balaban J connectivity index is 1.72. The second kappa shape index (κ2) is 9.43. The van der Waals surface area contributed by atoms with Crippen LogP contribution >= 0.6 is 34.2 Å².